The van der Waals surface area contributed by atoms with Gasteiger partial charge >= 0.3 is 6.03 Å². The van der Waals surface area contributed by atoms with E-state index in [9.17, 15) is 14.9 Å². The number of anilines is 5. The zero-order chi connectivity index (χ0) is 38.5. The summed E-state index contributed by atoms with van der Waals surface area (Å²) in [7, 11) is 0. The Bertz CT molecular complexity index is 2100. The number of aromatic nitrogens is 6. The van der Waals surface area contributed by atoms with Gasteiger partial charge < -0.3 is 15.5 Å². The minimum absolute atomic E-state index is 0.248. The molecule has 0 unspecified atom stereocenters. The van der Waals surface area contributed by atoms with Crippen LogP contribution in [0.1, 0.15) is 69.5 Å². The van der Waals surface area contributed by atoms with Crippen molar-refractivity contribution in [2.45, 2.75) is 70.4 Å². The molecular formula is C38H43ClN14O2. The lowest BCUT2D eigenvalue weighted by Gasteiger charge is -2.41. The van der Waals surface area contributed by atoms with Gasteiger partial charge in [-0.2, -0.15) is 10.5 Å². The summed E-state index contributed by atoms with van der Waals surface area (Å²) in [5.74, 6) is 2.47. The van der Waals surface area contributed by atoms with E-state index in [4.69, 9.17) is 16.9 Å². The quantitative estimate of drug-likeness (QED) is 0.177. The van der Waals surface area contributed by atoms with Crippen molar-refractivity contribution in [2.75, 3.05) is 53.2 Å². The average Bonchev–Trinajstić information content (AvgIpc) is 3.68. The number of nitrogens with one attached hydrogen (secondary N) is 3. The van der Waals surface area contributed by atoms with Gasteiger partial charge in [0.15, 0.2) is 0 Å². The molecule has 55 heavy (non-hydrogen) atoms. The summed E-state index contributed by atoms with van der Waals surface area (Å²) < 4.78 is 1.71. The molecule has 2 saturated heterocycles. The Hall–Kier alpha value is -5.84. The number of amides is 3. The molecule has 1 saturated carbocycles. The summed E-state index contributed by atoms with van der Waals surface area (Å²) in [4.78, 5) is 43.6. The maximum absolute atomic E-state index is 12.2. The van der Waals surface area contributed by atoms with Crippen molar-refractivity contribution in [2.24, 2.45) is 5.92 Å². The van der Waals surface area contributed by atoms with Crippen molar-refractivity contribution >= 4 is 52.4 Å². The third-order valence-corrected chi connectivity index (χ3v) is 10.9. The smallest absolute Gasteiger partial charge is 0.328 e. The van der Waals surface area contributed by atoms with Gasteiger partial charge in [0.05, 0.1) is 52.3 Å². The second-order valence-electron chi connectivity index (χ2n) is 14.4. The van der Waals surface area contributed by atoms with Crippen LogP contribution in [0, 0.1) is 28.6 Å². The number of nitrogens with zero attached hydrogens (tertiary/aromatic N) is 11. The zero-order valence-electron chi connectivity index (χ0n) is 30.8. The fourth-order valence-corrected chi connectivity index (χ4v) is 7.79. The molecule has 1 aliphatic carbocycles. The number of piperazine rings is 1. The standard InChI is InChI=1S/C38H43ClN14O2/c1-24(17-40)45-31-16-34(46-37-30(39)15-27(18-41)19-44-37)42-21-33(31)53-23-32(48-49-53)28-5-3-26(4-6-28)9-11-50-13-14-51(25(2)22-50)35-8-7-29(20-43-35)52-12-10-36(54)47-38(52)55/h7-8,15-16,19-21,23-26,28H,3-6,9-14,22H2,1-2H3,(H,47,54,55)(H2,42,44,45,46)/t24-,25-,26?,28?/m1/s1. The predicted octanol–water partition coefficient (Wildman–Crippen LogP) is 5.37. The molecule has 3 amide bonds. The highest BCUT2D eigenvalue weighted by Crippen LogP contribution is 2.37. The van der Waals surface area contributed by atoms with Crippen LogP contribution >= 0.6 is 11.6 Å². The largest absolute Gasteiger partial charge is 0.368 e. The number of hydrogen-bond acceptors (Lipinski definition) is 13. The van der Waals surface area contributed by atoms with E-state index in [-0.39, 0.29) is 12.3 Å². The lowest BCUT2D eigenvalue weighted by atomic mass is 9.79. The van der Waals surface area contributed by atoms with E-state index in [2.05, 4.69) is 64.0 Å². The van der Waals surface area contributed by atoms with E-state index in [1.54, 1.807) is 35.0 Å². The number of urea groups is 1. The van der Waals surface area contributed by atoms with Crippen LogP contribution in [0.5, 0.6) is 0 Å². The molecule has 4 aromatic rings. The highest BCUT2D eigenvalue weighted by molar-refractivity contribution is 6.33. The summed E-state index contributed by atoms with van der Waals surface area (Å²) >= 11 is 6.32. The Labute approximate surface area is 324 Å². The molecule has 0 spiro atoms. The fraction of sp³-hybridized carbons (Fsp3) is 0.447. The van der Waals surface area contributed by atoms with Crippen molar-refractivity contribution in [3.63, 3.8) is 0 Å². The van der Waals surface area contributed by atoms with Gasteiger partial charge in [-0.1, -0.05) is 16.8 Å². The molecule has 7 rings (SSSR count). The van der Waals surface area contributed by atoms with Gasteiger partial charge in [0, 0.05) is 56.8 Å². The Morgan fingerprint density at radius 2 is 1.87 bits per heavy atom. The molecule has 4 aromatic heterocycles. The van der Waals surface area contributed by atoms with Crippen LogP contribution in [0.15, 0.2) is 49.1 Å². The second kappa shape index (κ2) is 16.7. The third-order valence-electron chi connectivity index (χ3n) is 10.6. The van der Waals surface area contributed by atoms with Gasteiger partial charge in [0.25, 0.3) is 0 Å². The van der Waals surface area contributed by atoms with Gasteiger partial charge in [0.1, 0.15) is 35.3 Å². The van der Waals surface area contributed by atoms with Gasteiger partial charge in [-0.25, -0.2) is 24.4 Å². The van der Waals surface area contributed by atoms with Crippen LogP contribution in [-0.4, -0.2) is 91.6 Å². The summed E-state index contributed by atoms with van der Waals surface area (Å²) in [6.07, 6.45) is 12.6. The summed E-state index contributed by atoms with van der Waals surface area (Å²) in [5, 5.41) is 36.6. The van der Waals surface area contributed by atoms with Crippen LogP contribution in [-0.2, 0) is 4.79 Å². The van der Waals surface area contributed by atoms with E-state index in [0.717, 1.165) is 63.4 Å². The van der Waals surface area contributed by atoms with Gasteiger partial charge in [-0.05, 0) is 76.6 Å². The van der Waals surface area contributed by atoms with Crippen molar-refractivity contribution in [3.05, 3.63) is 65.3 Å². The van der Waals surface area contributed by atoms with Crippen molar-refractivity contribution in [3.8, 4) is 17.8 Å². The molecule has 6 heterocycles. The number of hydrogen-bond donors (Lipinski definition) is 3. The fourth-order valence-electron chi connectivity index (χ4n) is 7.58. The van der Waals surface area contributed by atoms with Gasteiger partial charge in [-0.3, -0.25) is 19.9 Å². The van der Waals surface area contributed by atoms with Crippen LogP contribution < -0.4 is 25.8 Å². The summed E-state index contributed by atoms with van der Waals surface area (Å²) in [6.45, 7) is 8.26. The Morgan fingerprint density at radius 1 is 1.04 bits per heavy atom. The molecular weight excluding hydrogens is 720 g/mol. The number of carbonyl (C=O) groups is 2. The van der Waals surface area contributed by atoms with E-state index >= 15 is 0 Å². The van der Waals surface area contributed by atoms with Crippen LogP contribution in [0.3, 0.4) is 0 Å². The highest BCUT2D eigenvalue weighted by atomic mass is 35.5. The Balaban J connectivity index is 0.901. The SMILES string of the molecule is C[C@H](C#N)Nc1cc(Nc2ncc(C#N)cc2Cl)ncc1-n1cc(C2CCC(CCN3CCN(c4ccc(N5CCC(=O)NC5=O)cn4)[C@H](C)C3)CC2)nn1. The molecule has 0 aromatic carbocycles. The van der Waals surface area contributed by atoms with Crippen molar-refractivity contribution in [1.82, 2.24) is 40.2 Å². The normalized spacial score (nSPS) is 21.0. The topological polar surface area (TPSA) is 197 Å². The maximum Gasteiger partial charge on any atom is 0.328 e. The number of nitriles is 2. The number of halogens is 1. The summed E-state index contributed by atoms with van der Waals surface area (Å²) in [5.41, 5.74) is 3.30. The predicted molar refractivity (Wildman–Crippen MR) is 207 cm³/mol. The first-order valence-electron chi connectivity index (χ1n) is 18.6. The molecule has 284 valence electrons. The molecule has 16 nitrogen and oxygen atoms in total. The lowest BCUT2D eigenvalue weighted by Crippen LogP contribution is -2.52. The monoisotopic (exact) mass is 762 g/mol. The first-order chi connectivity index (χ1) is 26.7. The van der Waals surface area contributed by atoms with Crippen molar-refractivity contribution < 1.29 is 9.59 Å². The first kappa shape index (κ1) is 37.5. The lowest BCUT2D eigenvalue weighted by molar-refractivity contribution is -0.120. The summed E-state index contributed by atoms with van der Waals surface area (Å²) in [6, 6.07) is 10.8. The van der Waals surface area contributed by atoms with E-state index in [0.29, 0.717) is 63.7 Å². The van der Waals surface area contributed by atoms with Crippen LogP contribution in [0.2, 0.25) is 5.02 Å². The first-order valence-corrected chi connectivity index (χ1v) is 19.0. The molecule has 0 bridgehead atoms. The Morgan fingerprint density at radius 3 is 2.58 bits per heavy atom. The number of carbonyl (C=O) groups excluding carboxylic acids is 2. The molecule has 0 radical (unpaired) electrons. The number of imide groups is 1. The third kappa shape index (κ3) is 8.77. The number of pyridine rings is 3. The van der Waals surface area contributed by atoms with E-state index in [1.807, 2.05) is 24.4 Å². The van der Waals surface area contributed by atoms with Crippen LogP contribution in [0.25, 0.3) is 5.69 Å². The molecule has 3 fully saturated rings. The number of rotatable bonds is 11. The molecule has 17 heteroatoms. The van der Waals surface area contributed by atoms with E-state index < -0.39 is 12.1 Å². The second-order valence-corrected chi connectivity index (χ2v) is 14.8. The van der Waals surface area contributed by atoms with E-state index in [1.165, 1.54) is 18.7 Å². The minimum atomic E-state index is -0.475. The van der Waals surface area contributed by atoms with Crippen LogP contribution in [0.4, 0.5) is 33.6 Å². The zero-order valence-corrected chi connectivity index (χ0v) is 31.6. The van der Waals surface area contributed by atoms with Gasteiger partial charge in [0.2, 0.25) is 5.91 Å². The molecule has 2 aliphatic heterocycles. The minimum Gasteiger partial charge on any atom is -0.368 e. The van der Waals surface area contributed by atoms with Crippen molar-refractivity contribution in [1.29, 1.82) is 10.5 Å². The van der Waals surface area contributed by atoms with Gasteiger partial charge in [-0.15, -0.1) is 5.10 Å². The molecule has 2 atom stereocenters. The maximum atomic E-state index is 12.2. The molecule has 3 N–H and O–H groups in total. The highest BCUT2D eigenvalue weighted by Gasteiger charge is 2.29. The molecule has 3 aliphatic rings. The average molecular weight is 763 g/mol. The Kier molecular flexibility index (Phi) is 11.4.